The van der Waals surface area contributed by atoms with Gasteiger partial charge in [0, 0.05) is 12.4 Å². The molecule has 0 bridgehead atoms. The van der Waals surface area contributed by atoms with Gasteiger partial charge in [0.2, 0.25) is 0 Å². The van der Waals surface area contributed by atoms with Crippen LogP contribution in [0.4, 0.5) is 0 Å². The number of hydrogen-bond donors (Lipinski definition) is 3. The van der Waals surface area contributed by atoms with E-state index in [4.69, 9.17) is 10.9 Å². The molecule has 0 unspecified atom stereocenters. The van der Waals surface area contributed by atoms with Crippen molar-refractivity contribution in [3.8, 4) is 0 Å². The third-order valence-corrected chi connectivity index (χ3v) is 1.25. The lowest BCUT2D eigenvalue weighted by molar-refractivity contribution is 0.0683. The van der Waals surface area contributed by atoms with E-state index < -0.39 is 17.6 Å². The Hall–Kier alpha value is -2.02. The van der Waals surface area contributed by atoms with Crippen LogP contribution in [0.1, 0.15) is 21.0 Å². The predicted molar refractivity (Wildman–Crippen MR) is 40.6 cm³/mol. The highest BCUT2D eigenvalue weighted by atomic mass is 16.4. The number of nitrogens with one attached hydrogen (secondary N) is 1. The number of aromatic carboxylic acids is 1. The maximum atomic E-state index is 10.9. The van der Waals surface area contributed by atoms with Crippen molar-refractivity contribution in [3.05, 3.63) is 23.8 Å². The molecular weight excluding hydrogens is 176 g/mol. The Morgan fingerprint density at radius 2 is 1.85 bits per heavy atom. The minimum atomic E-state index is -1.33. The molecule has 7 nitrogen and oxygen atoms in total. The minimum absolute atomic E-state index is 0.308. The monoisotopic (exact) mass is 182 g/mol. The first-order chi connectivity index (χ1) is 6.16. The summed E-state index contributed by atoms with van der Waals surface area (Å²) in [6.07, 6.45) is 2.38. The van der Waals surface area contributed by atoms with Crippen molar-refractivity contribution in [3.63, 3.8) is 0 Å². The molecule has 0 spiro atoms. The molecule has 0 radical (unpaired) electrons. The third kappa shape index (κ3) is 1.76. The van der Waals surface area contributed by atoms with Crippen LogP contribution in [0.2, 0.25) is 0 Å². The minimum Gasteiger partial charge on any atom is -0.476 e. The zero-order valence-electron chi connectivity index (χ0n) is 6.39. The normalized spacial score (nSPS) is 9.31. The van der Waals surface area contributed by atoms with Crippen LogP contribution < -0.4 is 11.3 Å². The molecule has 0 saturated heterocycles. The maximum absolute atomic E-state index is 10.9. The van der Waals surface area contributed by atoms with Gasteiger partial charge in [-0.15, -0.1) is 0 Å². The molecule has 0 aromatic carbocycles. The van der Waals surface area contributed by atoms with Crippen molar-refractivity contribution in [2.24, 2.45) is 5.84 Å². The van der Waals surface area contributed by atoms with Gasteiger partial charge in [0.1, 0.15) is 0 Å². The van der Waals surface area contributed by atoms with Gasteiger partial charge in [-0.25, -0.2) is 20.6 Å². The Kier molecular flexibility index (Phi) is 2.50. The number of carboxylic acids is 1. The topological polar surface area (TPSA) is 118 Å². The number of hydrogen-bond acceptors (Lipinski definition) is 5. The molecule has 0 aliphatic heterocycles. The van der Waals surface area contributed by atoms with E-state index in [2.05, 4.69) is 9.97 Å². The molecule has 1 aromatic rings. The Morgan fingerprint density at radius 3 is 2.31 bits per heavy atom. The molecule has 4 N–H and O–H groups in total. The summed E-state index contributed by atoms with van der Waals surface area (Å²) in [5.74, 6) is 2.70. The van der Waals surface area contributed by atoms with E-state index in [9.17, 15) is 9.59 Å². The van der Waals surface area contributed by atoms with Crippen molar-refractivity contribution in [2.45, 2.75) is 0 Å². The SMILES string of the molecule is NNC(=O)c1nccnc1C(=O)O. The first-order valence-corrected chi connectivity index (χ1v) is 3.22. The van der Waals surface area contributed by atoms with Crippen LogP contribution in [-0.2, 0) is 0 Å². The van der Waals surface area contributed by atoms with Crippen molar-refractivity contribution >= 4 is 11.9 Å². The molecule has 0 fully saturated rings. The average Bonchev–Trinajstić information content (AvgIpc) is 2.16. The van der Waals surface area contributed by atoms with Crippen LogP contribution in [0, 0.1) is 0 Å². The molecule has 1 aromatic heterocycles. The van der Waals surface area contributed by atoms with E-state index in [1.165, 1.54) is 12.4 Å². The first kappa shape index (κ1) is 9.07. The fraction of sp³-hybridized carbons (Fsp3) is 0. The van der Waals surface area contributed by atoms with Gasteiger partial charge in [-0.3, -0.25) is 10.2 Å². The fourth-order valence-electron chi connectivity index (χ4n) is 0.729. The number of rotatable bonds is 2. The molecule has 7 heteroatoms. The summed E-state index contributed by atoms with van der Waals surface area (Å²) in [6.45, 7) is 0. The van der Waals surface area contributed by atoms with Crippen LogP contribution in [0.3, 0.4) is 0 Å². The zero-order valence-corrected chi connectivity index (χ0v) is 6.39. The Bertz CT molecular complexity index is 351. The van der Waals surface area contributed by atoms with E-state index in [1.807, 2.05) is 0 Å². The zero-order chi connectivity index (χ0) is 9.84. The maximum Gasteiger partial charge on any atom is 0.356 e. The van der Waals surface area contributed by atoms with Crippen LogP contribution in [-0.4, -0.2) is 27.0 Å². The average molecular weight is 182 g/mol. The fourth-order valence-corrected chi connectivity index (χ4v) is 0.729. The summed E-state index contributed by atoms with van der Waals surface area (Å²) in [6, 6.07) is 0. The predicted octanol–water partition coefficient (Wildman–Crippen LogP) is -1.22. The highest BCUT2D eigenvalue weighted by molar-refractivity contribution is 6.01. The highest BCUT2D eigenvalue weighted by Crippen LogP contribution is 2.00. The van der Waals surface area contributed by atoms with E-state index in [-0.39, 0.29) is 5.69 Å². The van der Waals surface area contributed by atoms with Crippen molar-refractivity contribution in [1.29, 1.82) is 0 Å². The number of nitrogens with zero attached hydrogens (tertiary/aromatic N) is 2. The number of carboxylic acid groups (broad SMARTS) is 1. The van der Waals surface area contributed by atoms with Crippen molar-refractivity contribution < 1.29 is 14.7 Å². The van der Waals surface area contributed by atoms with Crippen LogP contribution in [0.5, 0.6) is 0 Å². The second kappa shape index (κ2) is 3.59. The quantitative estimate of drug-likeness (QED) is 0.299. The lowest BCUT2D eigenvalue weighted by atomic mass is 10.3. The van der Waals surface area contributed by atoms with Crippen molar-refractivity contribution in [1.82, 2.24) is 15.4 Å². The third-order valence-electron chi connectivity index (χ3n) is 1.25. The number of nitrogen functional groups attached to an aromatic ring is 1. The number of nitrogens with two attached hydrogens (primary N) is 1. The summed E-state index contributed by atoms with van der Waals surface area (Å²) in [5.41, 5.74) is 1.04. The highest BCUT2D eigenvalue weighted by Gasteiger charge is 2.17. The molecule has 1 rings (SSSR count). The number of carbonyl (C=O) groups is 2. The molecule has 13 heavy (non-hydrogen) atoms. The van der Waals surface area contributed by atoms with Gasteiger partial charge in [-0.05, 0) is 0 Å². The lowest BCUT2D eigenvalue weighted by Gasteiger charge is -2.00. The molecule has 0 aliphatic carbocycles. The van der Waals surface area contributed by atoms with Gasteiger partial charge < -0.3 is 5.11 Å². The van der Waals surface area contributed by atoms with Crippen LogP contribution in [0.15, 0.2) is 12.4 Å². The second-order valence-electron chi connectivity index (χ2n) is 2.03. The van der Waals surface area contributed by atoms with E-state index in [1.54, 1.807) is 5.43 Å². The van der Waals surface area contributed by atoms with Crippen molar-refractivity contribution in [2.75, 3.05) is 0 Å². The van der Waals surface area contributed by atoms with Gasteiger partial charge in [0.25, 0.3) is 5.91 Å². The number of aromatic nitrogens is 2. The number of amides is 1. The molecule has 0 saturated carbocycles. The Morgan fingerprint density at radius 1 is 1.31 bits per heavy atom. The molecule has 0 aliphatic rings. The largest absolute Gasteiger partial charge is 0.476 e. The first-order valence-electron chi connectivity index (χ1n) is 3.22. The summed E-state index contributed by atoms with van der Waals surface area (Å²) in [4.78, 5) is 28.5. The standard InChI is InChI=1S/C6H6N4O3/c7-10-5(11)3-4(6(12)13)9-2-1-8-3/h1-2H,7H2,(H,10,11)(H,12,13). The van der Waals surface area contributed by atoms with Crippen LogP contribution >= 0.6 is 0 Å². The van der Waals surface area contributed by atoms with Crippen LogP contribution in [0.25, 0.3) is 0 Å². The lowest BCUT2D eigenvalue weighted by Crippen LogP contribution is -2.32. The molecule has 1 heterocycles. The molecule has 68 valence electrons. The number of carbonyl (C=O) groups excluding carboxylic acids is 1. The van der Waals surface area contributed by atoms with E-state index >= 15 is 0 Å². The van der Waals surface area contributed by atoms with Gasteiger partial charge in [0.15, 0.2) is 11.4 Å². The summed E-state index contributed by atoms with van der Waals surface area (Å²) in [7, 11) is 0. The summed E-state index contributed by atoms with van der Waals surface area (Å²) >= 11 is 0. The van der Waals surface area contributed by atoms with Gasteiger partial charge in [-0.2, -0.15) is 0 Å². The smallest absolute Gasteiger partial charge is 0.356 e. The molecule has 0 atom stereocenters. The Balaban J connectivity index is 3.19. The molecule has 1 amide bonds. The Labute approximate surface area is 72.6 Å². The molecular formula is C6H6N4O3. The second-order valence-corrected chi connectivity index (χ2v) is 2.03. The van der Waals surface area contributed by atoms with Gasteiger partial charge >= 0.3 is 5.97 Å². The van der Waals surface area contributed by atoms with Gasteiger partial charge in [-0.1, -0.05) is 0 Å². The number of hydrazine groups is 1. The van der Waals surface area contributed by atoms with E-state index in [0.29, 0.717) is 0 Å². The summed E-state index contributed by atoms with van der Waals surface area (Å²) < 4.78 is 0. The van der Waals surface area contributed by atoms with E-state index in [0.717, 1.165) is 0 Å². The summed E-state index contributed by atoms with van der Waals surface area (Å²) in [5, 5.41) is 8.59. The van der Waals surface area contributed by atoms with Gasteiger partial charge in [0.05, 0.1) is 0 Å².